The lowest BCUT2D eigenvalue weighted by Gasteiger charge is -1.92. The standard InChI is InChI=1S/C9H10/c1-3-8-6-5-7-9(8)4-2/h3-6H,1-2,7H2. The minimum absolute atomic E-state index is 1.02. The van der Waals surface area contributed by atoms with Gasteiger partial charge in [-0.1, -0.05) is 37.5 Å². The van der Waals surface area contributed by atoms with Crippen molar-refractivity contribution in [1.29, 1.82) is 0 Å². The normalized spacial score (nSPS) is 16.4. The van der Waals surface area contributed by atoms with E-state index in [4.69, 9.17) is 0 Å². The predicted molar refractivity (Wildman–Crippen MR) is 41.2 cm³/mol. The molecule has 0 saturated carbocycles. The van der Waals surface area contributed by atoms with Gasteiger partial charge in [0.2, 0.25) is 0 Å². The van der Waals surface area contributed by atoms with Crippen molar-refractivity contribution in [2.24, 2.45) is 0 Å². The van der Waals surface area contributed by atoms with Crippen molar-refractivity contribution in [1.82, 2.24) is 0 Å². The Balaban J connectivity index is 2.91. The summed E-state index contributed by atoms with van der Waals surface area (Å²) in [6.07, 6.45) is 8.96. The van der Waals surface area contributed by atoms with Crippen LogP contribution in [0, 0.1) is 0 Å². The van der Waals surface area contributed by atoms with E-state index in [0.29, 0.717) is 0 Å². The third-order valence-electron chi connectivity index (χ3n) is 1.47. The topological polar surface area (TPSA) is 0 Å². The van der Waals surface area contributed by atoms with Gasteiger partial charge in [-0.3, -0.25) is 0 Å². The third-order valence-corrected chi connectivity index (χ3v) is 1.47. The van der Waals surface area contributed by atoms with Crippen LogP contribution in [0.1, 0.15) is 6.42 Å². The molecule has 9 heavy (non-hydrogen) atoms. The molecule has 0 bridgehead atoms. The lowest BCUT2D eigenvalue weighted by molar-refractivity contribution is 1.32. The average molecular weight is 118 g/mol. The fourth-order valence-electron chi connectivity index (χ4n) is 0.938. The summed E-state index contributed by atoms with van der Waals surface area (Å²) in [6, 6.07) is 0. The number of rotatable bonds is 2. The number of hydrogen-bond donors (Lipinski definition) is 0. The number of allylic oxidation sites excluding steroid dienone is 6. The maximum Gasteiger partial charge on any atom is -0.00884 e. The van der Waals surface area contributed by atoms with Crippen LogP contribution >= 0.6 is 0 Å². The van der Waals surface area contributed by atoms with Gasteiger partial charge in [-0.2, -0.15) is 0 Å². The zero-order valence-corrected chi connectivity index (χ0v) is 5.43. The van der Waals surface area contributed by atoms with Crippen LogP contribution in [0.5, 0.6) is 0 Å². The SMILES string of the molecule is C=CC1=C(C=C)CC=C1. The molecule has 0 aromatic heterocycles. The van der Waals surface area contributed by atoms with Crippen LogP contribution in [-0.2, 0) is 0 Å². The highest BCUT2D eigenvalue weighted by Gasteiger charge is 2.00. The molecule has 0 unspecified atom stereocenters. The molecule has 0 saturated heterocycles. The molecule has 0 fully saturated rings. The Morgan fingerprint density at radius 3 is 2.56 bits per heavy atom. The fourth-order valence-corrected chi connectivity index (χ4v) is 0.938. The van der Waals surface area contributed by atoms with Gasteiger partial charge in [0.05, 0.1) is 0 Å². The zero-order valence-electron chi connectivity index (χ0n) is 5.43. The molecule has 0 nitrogen and oxygen atoms in total. The summed E-state index contributed by atoms with van der Waals surface area (Å²) in [6.45, 7) is 7.38. The summed E-state index contributed by atoms with van der Waals surface area (Å²) >= 11 is 0. The molecule has 46 valence electrons. The molecule has 0 atom stereocenters. The van der Waals surface area contributed by atoms with Gasteiger partial charge in [-0.25, -0.2) is 0 Å². The van der Waals surface area contributed by atoms with E-state index < -0.39 is 0 Å². The van der Waals surface area contributed by atoms with Gasteiger partial charge >= 0.3 is 0 Å². The van der Waals surface area contributed by atoms with E-state index in [0.717, 1.165) is 6.42 Å². The second-order valence-electron chi connectivity index (χ2n) is 2.00. The third kappa shape index (κ3) is 1.02. The van der Waals surface area contributed by atoms with Crippen molar-refractivity contribution >= 4 is 0 Å². The van der Waals surface area contributed by atoms with Crippen LogP contribution in [0.2, 0.25) is 0 Å². The Morgan fingerprint density at radius 2 is 2.11 bits per heavy atom. The summed E-state index contributed by atoms with van der Waals surface area (Å²) < 4.78 is 0. The lowest BCUT2D eigenvalue weighted by Crippen LogP contribution is -1.72. The number of hydrogen-bond acceptors (Lipinski definition) is 0. The monoisotopic (exact) mass is 118 g/mol. The molecule has 1 aliphatic carbocycles. The van der Waals surface area contributed by atoms with Crippen LogP contribution in [0.15, 0.2) is 48.6 Å². The Bertz CT molecular complexity index is 192. The Morgan fingerprint density at radius 1 is 1.33 bits per heavy atom. The van der Waals surface area contributed by atoms with E-state index >= 15 is 0 Å². The van der Waals surface area contributed by atoms with Crippen LogP contribution in [0.25, 0.3) is 0 Å². The smallest absolute Gasteiger partial charge is 0.00884 e. The van der Waals surface area contributed by atoms with Crippen LogP contribution in [0.4, 0.5) is 0 Å². The molecule has 0 aromatic rings. The predicted octanol–water partition coefficient (Wildman–Crippen LogP) is 2.61. The maximum atomic E-state index is 3.70. The Hall–Kier alpha value is -1.04. The second kappa shape index (κ2) is 2.49. The summed E-state index contributed by atoms with van der Waals surface area (Å²) in [5.41, 5.74) is 2.50. The minimum atomic E-state index is 1.02. The molecule has 0 radical (unpaired) electrons. The first-order valence-corrected chi connectivity index (χ1v) is 3.03. The van der Waals surface area contributed by atoms with Crippen molar-refractivity contribution < 1.29 is 0 Å². The summed E-state index contributed by atoms with van der Waals surface area (Å²) in [7, 11) is 0. The molecule has 0 spiro atoms. The van der Waals surface area contributed by atoms with Crippen molar-refractivity contribution in [3.05, 3.63) is 48.6 Å². The largest absolute Gasteiger partial charge is 0.0988 e. The molecule has 0 aliphatic heterocycles. The van der Waals surface area contributed by atoms with Gasteiger partial charge in [0.25, 0.3) is 0 Å². The van der Waals surface area contributed by atoms with Crippen LogP contribution in [-0.4, -0.2) is 0 Å². The van der Waals surface area contributed by atoms with Gasteiger partial charge in [0.15, 0.2) is 0 Å². The quantitative estimate of drug-likeness (QED) is 0.523. The van der Waals surface area contributed by atoms with Gasteiger partial charge in [0, 0.05) is 0 Å². The van der Waals surface area contributed by atoms with E-state index in [1.165, 1.54) is 11.1 Å². The van der Waals surface area contributed by atoms with Crippen molar-refractivity contribution in [3.8, 4) is 0 Å². The molecular weight excluding hydrogens is 108 g/mol. The van der Waals surface area contributed by atoms with E-state index in [9.17, 15) is 0 Å². The molecule has 0 N–H and O–H groups in total. The second-order valence-corrected chi connectivity index (χ2v) is 2.00. The molecule has 1 aliphatic rings. The van der Waals surface area contributed by atoms with E-state index in [2.05, 4.69) is 25.3 Å². The van der Waals surface area contributed by atoms with E-state index in [1.54, 1.807) is 0 Å². The van der Waals surface area contributed by atoms with Gasteiger partial charge in [-0.05, 0) is 17.6 Å². The highest BCUT2D eigenvalue weighted by molar-refractivity contribution is 5.45. The summed E-state index contributed by atoms with van der Waals surface area (Å²) in [5.74, 6) is 0. The molecule has 0 aromatic carbocycles. The Kier molecular flexibility index (Phi) is 1.69. The van der Waals surface area contributed by atoms with E-state index in [1.807, 2.05) is 12.2 Å². The van der Waals surface area contributed by atoms with Crippen LogP contribution < -0.4 is 0 Å². The summed E-state index contributed by atoms with van der Waals surface area (Å²) in [4.78, 5) is 0. The lowest BCUT2D eigenvalue weighted by atomic mass is 10.1. The summed E-state index contributed by atoms with van der Waals surface area (Å²) in [5, 5.41) is 0. The van der Waals surface area contributed by atoms with Crippen molar-refractivity contribution in [3.63, 3.8) is 0 Å². The van der Waals surface area contributed by atoms with Gasteiger partial charge in [0.1, 0.15) is 0 Å². The molecule has 0 amide bonds. The average Bonchev–Trinajstić information content (AvgIpc) is 2.33. The first-order chi connectivity index (χ1) is 4.38. The fraction of sp³-hybridized carbons (Fsp3) is 0.111. The first kappa shape index (κ1) is 6.09. The maximum absolute atomic E-state index is 3.70. The highest BCUT2D eigenvalue weighted by atomic mass is 14.0. The molecule has 0 heterocycles. The van der Waals surface area contributed by atoms with Gasteiger partial charge < -0.3 is 0 Å². The highest BCUT2D eigenvalue weighted by Crippen LogP contribution is 2.19. The van der Waals surface area contributed by atoms with Crippen molar-refractivity contribution in [2.45, 2.75) is 6.42 Å². The molecule has 0 heteroatoms. The van der Waals surface area contributed by atoms with Gasteiger partial charge in [-0.15, -0.1) is 0 Å². The van der Waals surface area contributed by atoms with Crippen LogP contribution in [0.3, 0.4) is 0 Å². The molecular formula is C9H10. The zero-order chi connectivity index (χ0) is 6.69. The molecule has 1 rings (SSSR count). The minimum Gasteiger partial charge on any atom is -0.0988 e. The van der Waals surface area contributed by atoms with E-state index in [-0.39, 0.29) is 0 Å². The first-order valence-electron chi connectivity index (χ1n) is 3.03. The Labute approximate surface area is 55.9 Å². The van der Waals surface area contributed by atoms with Crippen molar-refractivity contribution in [2.75, 3.05) is 0 Å².